The number of nitrogens with zero attached hydrogens (tertiary/aromatic N) is 2. The second-order valence-electron chi connectivity index (χ2n) is 4.51. The maximum absolute atomic E-state index is 11.7. The molecule has 1 N–H and O–H groups in total. The number of carbonyl (C=O) groups excluding carboxylic acids is 1. The monoisotopic (exact) mass is 263 g/mol. The Labute approximate surface area is 114 Å². The van der Waals surface area contributed by atoms with E-state index in [1.54, 1.807) is 7.11 Å². The molecule has 0 spiro atoms. The Balaban J connectivity index is 1.90. The molecule has 2 rings (SSSR count). The quantitative estimate of drug-likeness (QED) is 0.900. The third kappa shape index (κ3) is 3.30. The van der Waals surface area contributed by atoms with Gasteiger partial charge in [-0.15, -0.1) is 0 Å². The van der Waals surface area contributed by atoms with E-state index < -0.39 is 0 Å². The van der Waals surface area contributed by atoms with Crippen molar-refractivity contribution >= 4 is 11.7 Å². The van der Waals surface area contributed by atoms with Crippen LogP contribution in [0.5, 0.6) is 5.75 Å². The van der Waals surface area contributed by atoms with Crippen LogP contribution in [0.2, 0.25) is 0 Å². The van der Waals surface area contributed by atoms with Gasteiger partial charge in [0.2, 0.25) is 0 Å². The first kappa shape index (κ1) is 13.5. The Morgan fingerprint density at radius 2 is 1.84 bits per heavy atom. The molecule has 0 aromatic heterocycles. The van der Waals surface area contributed by atoms with Crippen molar-refractivity contribution in [1.82, 2.24) is 10.2 Å². The minimum atomic E-state index is 0.0388. The molecule has 0 bridgehead atoms. The molecule has 5 nitrogen and oxygen atoms in total. The van der Waals surface area contributed by atoms with E-state index >= 15 is 0 Å². The van der Waals surface area contributed by atoms with Gasteiger partial charge in [0.25, 0.3) is 0 Å². The van der Waals surface area contributed by atoms with E-state index in [0.29, 0.717) is 6.54 Å². The summed E-state index contributed by atoms with van der Waals surface area (Å²) < 4.78 is 5.15. The fraction of sp³-hybridized carbons (Fsp3) is 0.500. The van der Waals surface area contributed by atoms with E-state index in [1.807, 2.05) is 24.0 Å². The summed E-state index contributed by atoms with van der Waals surface area (Å²) in [7, 11) is 1.67. The van der Waals surface area contributed by atoms with Crippen LogP contribution in [0.1, 0.15) is 6.92 Å². The fourth-order valence-corrected chi connectivity index (χ4v) is 2.22. The van der Waals surface area contributed by atoms with Crippen LogP contribution in [0.4, 0.5) is 10.5 Å². The van der Waals surface area contributed by atoms with Gasteiger partial charge in [-0.1, -0.05) is 0 Å². The fourth-order valence-electron chi connectivity index (χ4n) is 2.22. The van der Waals surface area contributed by atoms with Gasteiger partial charge in [0.15, 0.2) is 0 Å². The average molecular weight is 263 g/mol. The predicted octanol–water partition coefficient (Wildman–Crippen LogP) is 1.55. The van der Waals surface area contributed by atoms with E-state index in [4.69, 9.17) is 4.74 Å². The van der Waals surface area contributed by atoms with Gasteiger partial charge in [0.05, 0.1) is 7.11 Å². The van der Waals surface area contributed by atoms with Crippen LogP contribution >= 0.6 is 0 Å². The van der Waals surface area contributed by atoms with Gasteiger partial charge >= 0.3 is 6.03 Å². The third-order valence-corrected chi connectivity index (χ3v) is 3.33. The predicted molar refractivity (Wildman–Crippen MR) is 75.9 cm³/mol. The molecule has 1 aromatic carbocycles. The standard InChI is InChI=1S/C14H21N3O2/c1-3-15-14(18)17-10-8-16(9-11-17)12-4-6-13(19-2)7-5-12/h4-7H,3,8-11H2,1-2H3,(H,15,18). The number of ether oxygens (including phenoxy) is 1. The van der Waals surface area contributed by atoms with Crippen LogP contribution in [0, 0.1) is 0 Å². The first-order valence-corrected chi connectivity index (χ1v) is 6.66. The Morgan fingerprint density at radius 3 is 2.37 bits per heavy atom. The molecule has 0 aliphatic carbocycles. The molecule has 5 heteroatoms. The molecule has 1 fully saturated rings. The van der Waals surface area contributed by atoms with Crippen molar-refractivity contribution < 1.29 is 9.53 Å². The number of piperazine rings is 1. The number of carbonyl (C=O) groups is 1. The van der Waals surface area contributed by atoms with Crippen LogP contribution in [-0.2, 0) is 0 Å². The van der Waals surface area contributed by atoms with Crippen molar-refractivity contribution in [3.8, 4) is 5.75 Å². The number of benzene rings is 1. The van der Waals surface area contributed by atoms with Gasteiger partial charge in [0.1, 0.15) is 5.75 Å². The van der Waals surface area contributed by atoms with Crippen LogP contribution in [0.15, 0.2) is 24.3 Å². The summed E-state index contributed by atoms with van der Waals surface area (Å²) in [6.07, 6.45) is 0. The Bertz CT molecular complexity index is 411. The van der Waals surface area contributed by atoms with Gasteiger partial charge < -0.3 is 19.9 Å². The SMILES string of the molecule is CCNC(=O)N1CCN(c2ccc(OC)cc2)CC1. The van der Waals surface area contributed by atoms with Crippen molar-refractivity contribution in [3.63, 3.8) is 0 Å². The second kappa shape index (κ2) is 6.31. The highest BCUT2D eigenvalue weighted by Gasteiger charge is 2.20. The number of hydrogen-bond donors (Lipinski definition) is 1. The highest BCUT2D eigenvalue weighted by Crippen LogP contribution is 2.20. The van der Waals surface area contributed by atoms with Crippen molar-refractivity contribution in [2.45, 2.75) is 6.92 Å². The van der Waals surface area contributed by atoms with E-state index in [1.165, 1.54) is 5.69 Å². The van der Waals surface area contributed by atoms with E-state index in [9.17, 15) is 4.79 Å². The highest BCUT2D eigenvalue weighted by molar-refractivity contribution is 5.74. The lowest BCUT2D eigenvalue weighted by Gasteiger charge is -2.36. The van der Waals surface area contributed by atoms with Gasteiger partial charge in [-0.3, -0.25) is 0 Å². The zero-order valence-electron chi connectivity index (χ0n) is 11.6. The molecule has 2 amide bonds. The molecule has 1 aromatic rings. The normalized spacial score (nSPS) is 15.3. The van der Waals surface area contributed by atoms with E-state index in [2.05, 4.69) is 22.3 Å². The van der Waals surface area contributed by atoms with Gasteiger partial charge in [0, 0.05) is 38.4 Å². The average Bonchev–Trinajstić information content (AvgIpc) is 2.48. The maximum Gasteiger partial charge on any atom is 0.317 e. The molecule has 1 aliphatic heterocycles. The first-order chi connectivity index (χ1) is 9.24. The molecule has 0 atom stereocenters. The van der Waals surface area contributed by atoms with Crippen molar-refractivity contribution in [3.05, 3.63) is 24.3 Å². The smallest absolute Gasteiger partial charge is 0.317 e. The van der Waals surface area contributed by atoms with Gasteiger partial charge in [-0.05, 0) is 31.2 Å². The number of rotatable bonds is 3. The largest absolute Gasteiger partial charge is 0.497 e. The van der Waals surface area contributed by atoms with Gasteiger partial charge in [-0.2, -0.15) is 0 Å². The van der Waals surface area contributed by atoms with Crippen molar-refractivity contribution in [2.24, 2.45) is 0 Å². The Kier molecular flexibility index (Phi) is 4.49. The van der Waals surface area contributed by atoms with Crippen molar-refractivity contribution in [1.29, 1.82) is 0 Å². The lowest BCUT2D eigenvalue weighted by molar-refractivity contribution is 0.195. The van der Waals surface area contributed by atoms with E-state index in [-0.39, 0.29) is 6.03 Å². The molecule has 1 heterocycles. The van der Waals surface area contributed by atoms with Crippen LogP contribution < -0.4 is 15.0 Å². The van der Waals surface area contributed by atoms with Crippen molar-refractivity contribution in [2.75, 3.05) is 44.7 Å². The summed E-state index contributed by atoms with van der Waals surface area (Å²) in [5, 5.41) is 2.84. The summed E-state index contributed by atoms with van der Waals surface area (Å²) in [4.78, 5) is 15.9. The molecular weight excluding hydrogens is 242 g/mol. The number of amides is 2. The summed E-state index contributed by atoms with van der Waals surface area (Å²) in [5.74, 6) is 0.865. The number of urea groups is 1. The number of anilines is 1. The molecule has 1 aliphatic rings. The number of methoxy groups -OCH3 is 1. The summed E-state index contributed by atoms with van der Waals surface area (Å²) >= 11 is 0. The van der Waals surface area contributed by atoms with Crippen LogP contribution in [0.25, 0.3) is 0 Å². The molecule has 1 saturated heterocycles. The van der Waals surface area contributed by atoms with Gasteiger partial charge in [-0.25, -0.2) is 4.79 Å². The number of nitrogens with one attached hydrogen (secondary N) is 1. The molecule has 0 radical (unpaired) electrons. The Morgan fingerprint density at radius 1 is 1.21 bits per heavy atom. The zero-order chi connectivity index (χ0) is 13.7. The minimum absolute atomic E-state index is 0.0388. The summed E-state index contributed by atoms with van der Waals surface area (Å²) in [5.41, 5.74) is 1.18. The number of hydrogen-bond acceptors (Lipinski definition) is 3. The topological polar surface area (TPSA) is 44.8 Å². The third-order valence-electron chi connectivity index (χ3n) is 3.33. The highest BCUT2D eigenvalue weighted by atomic mass is 16.5. The second-order valence-corrected chi connectivity index (χ2v) is 4.51. The minimum Gasteiger partial charge on any atom is -0.497 e. The summed E-state index contributed by atoms with van der Waals surface area (Å²) in [6, 6.07) is 8.08. The molecule has 0 unspecified atom stereocenters. The molecule has 19 heavy (non-hydrogen) atoms. The zero-order valence-corrected chi connectivity index (χ0v) is 11.6. The first-order valence-electron chi connectivity index (χ1n) is 6.66. The summed E-state index contributed by atoms with van der Waals surface area (Å²) in [6.45, 7) is 5.87. The molecule has 0 saturated carbocycles. The lowest BCUT2D eigenvalue weighted by atomic mass is 10.2. The van der Waals surface area contributed by atoms with Crippen LogP contribution in [0.3, 0.4) is 0 Å². The molecular formula is C14H21N3O2. The molecule has 104 valence electrons. The maximum atomic E-state index is 11.7. The van der Waals surface area contributed by atoms with E-state index in [0.717, 1.165) is 31.9 Å². The Hall–Kier alpha value is -1.91. The van der Waals surface area contributed by atoms with Crippen LogP contribution in [-0.4, -0.2) is 50.8 Å². The lowest BCUT2D eigenvalue weighted by Crippen LogP contribution is -2.51.